The maximum atomic E-state index is 11.3. The normalized spacial score (nSPS) is 13.9. The second kappa shape index (κ2) is 6.17. The largest absolute Gasteiger partial charge is 0.385 e. The summed E-state index contributed by atoms with van der Waals surface area (Å²) in [5.74, 6) is 0.415. The summed E-state index contributed by atoms with van der Waals surface area (Å²) in [5, 5.41) is 16.5. The van der Waals surface area contributed by atoms with Gasteiger partial charge in [0, 0.05) is 36.8 Å². The average Bonchev–Trinajstić information content (AvgIpc) is 3.23. The third-order valence-corrected chi connectivity index (χ3v) is 3.01. The molecule has 0 bridgehead atoms. The number of nitro groups is 1. The van der Waals surface area contributed by atoms with E-state index in [0.717, 1.165) is 31.5 Å². The van der Waals surface area contributed by atoms with Crippen LogP contribution >= 0.6 is 0 Å². The van der Waals surface area contributed by atoms with Crippen LogP contribution in [0.1, 0.15) is 19.3 Å². The van der Waals surface area contributed by atoms with Crippen LogP contribution in [0, 0.1) is 16.0 Å². The van der Waals surface area contributed by atoms with Crippen LogP contribution in [0.5, 0.6) is 0 Å². The van der Waals surface area contributed by atoms with Gasteiger partial charge >= 0.3 is 0 Å². The predicted octanol–water partition coefficient (Wildman–Crippen LogP) is 1.92. The highest BCUT2D eigenvalue weighted by molar-refractivity contribution is 5.80. The van der Waals surface area contributed by atoms with Gasteiger partial charge in [-0.05, 0) is 31.4 Å². The molecular formula is C13H17N3O3. The van der Waals surface area contributed by atoms with Crippen molar-refractivity contribution in [2.75, 3.05) is 18.4 Å². The molecule has 1 aromatic carbocycles. The summed E-state index contributed by atoms with van der Waals surface area (Å²) in [4.78, 5) is 21.4. The number of amides is 1. The zero-order valence-electron chi connectivity index (χ0n) is 10.6. The van der Waals surface area contributed by atoms with E-state index in [-0.39, 0.29) is 17.5 Å². The van der Waals surface area contributed by atoms with Gasteiger partial charge in [0.05, 0.1) is 4.92 Å². The second-order valence-electron chi connectivity index (χ2n) is 4.65. The molecule has 1 fully saturated rings. The van der Waals surface area contributed by atoms with Gasteiger partial charge in [0.25, 0.3) is 5.69 Å². The molecular weight excluding hydrogens is 246 g/mol. The van der Waals surface area contributed by atoms with E-state index in [4.69, 9.17) is 0 Å². The van der Waals surface area contributed by atoms with Gasteiger partial charge in [-0.1, -0.05) is 0 Å². The predicted molar refractivity (Wildman–Crippen MR) is 71.9 cm³/mol. The standard InChI is InChI=1S/C13H17N3O3/c17-13(10-2-3-10)15-9-1-8-14-11-4-6-12(7-5-11)16(18)19/h4-7,10,14H,1-3,8-9H2,(H,15,17). The first kappa shape index (κ1) is 13.3. The summed E-state index contributed by atoms with van der Waals surface area (Å²) < 4.78 is 0. The molecule has 102 valence electrons. The second-order valence-corrected chi connectivity index (χ2v) is 4.65. The van der Waals surface area contributed by atoms with Crippen LogP contribution in [0.25, 0.3) is 0 Å². The van der Waals surface area contributed by atoms with E-state index in [1.807, 2.05) is 0 Å². The smallest absolute Gasteiger partial charge is 0.269 e. The lowest BCUT2D eigenvalue weighted by molar-refractivity contribution is -0.384. The number of nitrogens with zero attached hydrogens (tertiary/aromatic N) is 1. The molecule has 0 atom stereocenters. The number of carbonyl (C=O) groups excluding carboxylic acids is 1. The fourth-order valence-electron chi connectivity index (χ4n) is 1.72. The van der Waals surface area contributed by atoms with Crippen molar-refractivity contribution in [3.05, 3.63) is 34.4 Å². The molecule has 1 saturated carbocycles. The molecule has 0 heterocycles. The third kappa shape index (κ3) is 4.24. The Bertz CT molecular complexity index is 455. The molecule has 0 radical (unpaired) electrons. The van der Waals surface area contributed by atoms with E-state index in [9.17, 15) is 14.9 Å². The molecule has 1 amide bonds. The molecule has 0 spiro atoms. The van der Waals surface area contributed by atoms with Crippen LogP contribution < -0.4 is 10.6 Å². The van der Waals surface area contributed by atoms with Gasteiger partial charge in [0.15, 0.2) is 0 Å². The van der Waals surface area contributed by atoms with Gasteiger partial charge < -0.3 is 10.6 Å². The van der Waals surface area contributed by atoms with Gasteiger partial charge in [-0.2, -0.15) is 0 Å². The number of carbonyl (C=O) groups is 1. The Morgan fingerprint density at radius 3 is 2.53 bits per heavy atom. The first-order chi connectivity index (χ1) is 9.16. The van der Waals surface area contributed by atoms with Crippen molar-refractivity contribution in [3.63, 3.8) is 0 Å². The zero-order chi connectivity index (χ0) is 13.7. The van der Waals surface area contributed by atoms with Crippen molar-refractivity contribution >= 4 is 17.3 Å². The van der Waals surface area contributed by atoms with Gasteiger partial charge in [-0.3, -0.25) is 14.9 Å². The fourth-order valence-corrected chi connectivity index (χ4v) is 1.72. The van der Waals surface area contributed by atoms with E-state index >= 15 is 0 Å². The Balaban J connectivity index is 1.62. The third-order valence-electron chi connectivity index (χ3n) is 3.01. The van der Waals surface area contributed by atoms with Crippen LogP contribution in [0.15, 0.2) is 24.3 Å². The van der Waals surface area contributed by atoms with E-state index in [0.29, 0.717) is 6.54 Å². The van der Waals surface area contributed by atoms with E-state index < -0.39 is 4.92 Å². The van der Waals surface area contributed by atoms with Gasteiger partial charge in [0.2, 0.25) is 5.91 Å². The number of benzene rings is 1. The molecule has 0 unspecified atom stereocenters. The Labute approximate surface area is 111 Å². The Morgan fingerprint density at radius 2 is 1.95 bits per heavy atom. The lowest BCUT2D eigenvalue weighted by Crippen LogP contribution is -2.27. The van der Waals surface area contributed by atoms with Crippen LogP contribution in [0.2, 0.25) is 0 Å². The fraction of sp³-hybridized carbons (Fsp3) is 0.462. The van der Waals surface area contributed by atoms with E-state index in [1.165, 1.54) is 12.1 Å². The molecule has 0 saturated heterocycles. The molecule has 6 nitrogen and oxygen atoms in total. The lowest BCUT2D eigenvalue weighted by Gasteiger charge is -2.07. The summed E-state index contributed by atoms with van der Waals surface area (Å²) in [7, 11) is 0. The zero-order valence-corrected chi connectivity index (χ0v) is 10.6. The van der Waals surface area contributed by atoms with Gasteiger partial charge in [0.1, 0.15) is 0 Å². The lowest BCUT2D eigenvalue weighted by atomic mass is 10.3. The maximum Gasteiger partial charge on any atom is 0.269 e. The van der Waals surface area contributed by atoms with Crippen LogP contribution in [-0.4, -0.2) is 23.9 Å². The highest BCUT2D eigenvalue weighted by atomic mass is 16.6. The minimum atomic E-state index is -0.419. The molecule has 1 aliphatic rings. The maximum absolute atomic E-state index is 11.3. The number of hydrogen-bond donors (Lipinski definition) is 2. The summed E-state index contributed by atoms with van der Waals surface area (Å²) in [6.07, 6.45) is 2.87. The summed E-state index contributed by atoms with van der Waals surface area (Å²) in [6.45, 7) is 1.39. The number of non-ortho nitro benzene ring substituents is 1. The minimum absolute atomic E-state index is 0.0854. The van der Waals surface area contributed by atoms with Gasteiger partial charge in [-0.25, -0.2) is 0 Å². The monoisotopic (exact) mass is 263 g/mol. The summed E-state index contributed by atoms with van der Waals surface area (Å²) >= 11 is 0. The van der Waals surface area contributed by atoms with Crippen molar-refractivity contribution in [3.8, 4) is 0 Å². The van der Waals surface area contributed by atoms with E-state index in [2.05, 4.69) is 10.6 Å². The average molecular weight is 263 g/mol. The number of hydrogen-bond acceptors (Lipinski definition) is 4. The minimum Gasteiger partial charge on any atom is -0.385 e. The molecule has 0 aromatic heterocycles. The highest BCUT2D eigenvalue weighted by Gasteiger charge is 2.28. The van der Waals surface area contributed by atoms with Crippen molar-refractivity contribution in [2.24, 2.45) is 5.92 Å². The summed E-state index contributed by atoms with van der Waals surface area (Å²) in [6, 6.07) is 6.30. The molecule has 19 heavy (non-hydrogen) atoms. The number of nitro benzene ring substituents is 1. The quantitative estimate of drug-likeness (QED) is 0.447. The molecule has 6 heteroatoms. The summed E-state index contributed by atoms with van der Waals surface area (Å²) in [5.41, 5.74) is 0.932. The number of anilines is 1. The SMILES string of the molecule is O=C(NCCCNc1ccc([N+](=O)[O-])cc1)C1CC1. The highest BCUT2D eigenvalue weighted by Crippen LogP contribution is 2.28. The Hall–Kier alpha value is -2.11. The van der Waals surface area contributed by atoms with Crippen LogP contribution in [0.4, 0.5) is 11.4 Å². The van der Waals surface area contributed by atoms with E-state index in [1.54, 1.807) is 12.1 Å². The first-order valence-electron chi connectivity index (χ1n) is 6.43. The van der Waals surface area contributed by atoms with Crippen molar-refractivity contribution in [1.82, 2.24) is 5.32 Å². The van der Waals surface area contributed by atoms with Crippen molar-refractivity contribution in [1.29, 1.82) is 0 Å². The molecule has 2 rings (SSSR count). The molecule has 0 aliphatic heterocycles. The molecule has 1 aliphatic carbocycles. The number of rotatable bonds is 7. The van der Waals surface area contributed by atoms with Crippen LogP contribution in [-0.2, 0) is 4.79 Å². The Kier molecular flexibility index (Phi) is 4.33. The van der Waals surface area contributed by atoms with Gasteiger partial charge in [-0.15, -0.1) is 0 Å². The topological polar surface area (TPSA) is 84.3 Å². The van der Waals surface area contributed by atoms with Crippen LogP contribution in [0.3, 0.4) is 0 Å². The Morgan fingerprint density at radius 1 is 1.26 bits per heavy atom. The van der Waals surface area contributed by atoms with Crippen molar-refractivity contribution in [2.45, 2.75) is 19.3 Å². The molecule has 2 N–H and O–H groups in total. The molecule has 1 aromatic rings. The number of nitrogens with one attached hydrogen (secondary N) is 2. The first-order valence-corrected chi connectivity index (χ1v) is 6.43. The van der Waals surface area contributed by atoms with Crippen molar-refractivity contribution < 1.29 is 9.72 Å².